The summed E-state index contributed by atoms with van der Waals surface area (Å²) in [4.78, 5) is 13.3. The fourth-order valence-electron chi connectivity index (χ4n) is 2.29. The lowest BCUT2D eigenvalue weighted by Gasteiger charge is -2.19. The van der Waals surface area contributed by atoms with Crippen LogP contribution in [-0.4, -0.2) is 37.2 Å². The van der Waals surface area contributed by atoms with Crippen LogP contribution < -0.4 is 5.32 Å². The molecule has 1 N–H and O–H groups in total. The van der Waals surface area contributed by atoms with Crippen LogP contribution >= 0.6 is 0 Å². The van der Waals surface area contributed by atoms with Crippen molar-refractivity contribution in [3.05, 3.63) is 35.4 Å². The van der Waals surface area contributed by atoms with Crippen LogP contribution in [0, 0.1) is 0 Å². The van der Waals surface area contributed by atoms with E-state index in [0.717, 1.165) is 31.6 Å². The number of carbonyl (C=O) groups is 1. The summed E-state index contributed by atoms with van der Waals surface area (Å²) >= 11 is 0. The van der Waals surface area contributed by atoms with Crippen molar-refractivity contribution in [1.29, 1.82) is 0 Å². The minimum atomic E-state index is -4.34. The first kappa shape index (κ1) is 16.6. The number of benzene rings is 1. The summed E-state index contributed by atoms with van der Waals surface area (Å²) in [5, 5.41) is 2.76. The van der Waals surface area contributed by atoms with Crippen LogP contribution in [0.4, 0.5) is 18.0 Å². The van der Waals surface area contributed by atoms with Gasteiger partial charge in [0.05, 0.1) is 11.7 Å². The first-order valence-corrected chi connectivity index (χ1v) is 7.13. The second-order valence-corrected chi connectivity index (χ2v) is 5.37. The Bertz CT molecular complexity index is 497. The summed E-state index contributed by atoms with van der Waals surface area (Å²) in [6.07, 6.45) is -2.35. The highest BCUT2D eigenvalue weighted by Crippen LogP contribution is 2.29. The van der Waals surface area contributed by atoms with Gasteiger partial charge >= 0.3 is 12.2 Å². The summed E-state index contributed by atoms with van der Waals surface area (Å²) in [6.45, 7) is 1.42. The van der Waals surface area contributed by atoms with Crippen LogP contribution in [0.2, 0.25) is 0 Å². The minimum Gasteiger partial charge on any atom is -0.376 e. The average molecular weight is 316 g/mol. The first-order chi connectivity index (χ1) is 10.4. The van der Waals surface area contributed by atoms with Gasteiger partial charge in [0.1, 0.15) is 0 Å². The molecule has 1 atom stereocenters. The van der Waals surface area contributed by atoms with Crippen molar-refractivity contribution in [3.63, 3.8) is 0 Å². The molecule has 4 nitrogen and oxygen atoms in total. The highest BCUT2D eigenvalue weighted by Gasteiger charge is 2.30. The molecule has 2 rings (SSSR count). The maximum Gasteiger partial charge on any atom is 0.416 e. The molecule has 1 heterocycles. The topological polar surface area (TPSA) is 41.6 Å². The summed E-state index contributed by atoms with van der Waals surface area (Å²) < 4.78 is 42.8. The lowest BCUT2D eigenvalue weighted by molar-refractivity contribution is -0.137. The van der Waals surface area contributed by atoms with Crippen molar-refractivity contribution >= 4 is 6.03 Å². The van der Waals surface area contributed by atoms with E-state index in [2.05, 4.69) is 5.32 Å². The Labute approximate surface area is 127 Å². The lowest BCUT2D eigenvalue weighted by Crippen LogP contribution is -2.40. The van der Waals surface area contributed by atoms with Gasteiger partial charge in [0.2, 0.25) is 0 Å². The molecule has 1 unspecified atom stereocenters. The van der Waals surface area contributed by atoms with Crippen molar-refractivity contribution in [2.75, 3.05) is 20.2 Å². The Morgan fingerprint density at radius 2 is 2.05 bits per heavy atom. The zero-order chi connectivity index (χ0) is 16.2. The summed E-state index contributed by atoms with van der Waals surface area (Å²) in [6, 6.07) is 4.54. The van der Waals surface area contributed by atoms with Crippen molar-refractivity contribution in [3.8, 4) is 0 Å². The third kappa shape index (κ3) is 4.62. The fourth-order valence-corrected chi connectivity index (χ4v) is 2.29. The molecule has 1 aliphatic rings. The second kappa shape index (κ2) is 7.00. The molecule has 1 aromatic carbocycles. The molecule has 0 saturated carbocycles. The van der Waals surface area contributed by atoms with E-state index in [1.807, 2.05) is 0 Å². The molecule has 7 heteroatoms. The highest BCUT2D eigenvalue weighted by atomic mass is 19.4. The zero-order valence-corrected chi connectivity index (χ0v) is 12.3. The van der Waals surface area contributed by atoms with Gasteiger partial charge in [-0.15, -0.1) is 0 Å². The van der Waals surface area contributed by atoms with Crippen LogP contribution in [0.25, 0.3) is 0 Å². The number of alkyl halides is 3. The van der Waals surface area contributed by atoms with E-state index in [1.54, 1.807) is 7.05 Å². The van der Waals surface area contributed by atoms with Gasteiger partial charge in [-0.05, 0) is 30.5 Å². The van der Waals surface area contributed by atoms with Crippen LogP contribution in [0.3, 0.4) is 0 Å². The molecule has 0 aromatic heterocycles. The molecule has 1 fully saturated rings. The molecular formula is C15H19F3N2O2. The van der Waals surface area contributed by atoms with Gasteiger partial charge in [0.15, 0.2) is 0 Å². The summed E-state index contributed by atoms with van der Waals surface area (Å²) in [7, 11) is 1.60. The standard InChI is InChI=1S/C15H19F3N2O2/c1-20(14(21)19-9-13-3-2-8-22-13)10-11-4-6-12(7-5-11)15(16,17)18/h4-7,13H,2-3,8-10H2,1H3,(H,19,21). The zero-order valence-electron chi connectivity index (χ0n) is 12.3. The van der Waals surface area contributed by atoms with E-state index in [0.29, 0.717) is 12.1 Å². The van der Waals surface area contributed by atoms with Gasteiger partial charge in [0, 0.05) is 26.7 Å². The Morgan fingerprint density at radius 3 is 2.59 bits per heavy atom. The first-order valence-electron chi connectivity index (χ1n) is 7.13. The van der Waals surface area contributed by atoms with Crippen molar-refractivity contribution < 1.29 is 22.7 Å². The molecule has 2 amide bonds. The van der Waals surface area contributed by atoms with E-state index in [4.69, 9.17) is 4.74 Å². The van der Waals surface area contributed by atoms with E-state index >= 15 is 0 Å². The van der Waals surface area contributed by atoms with Gasteiger partial charge in [0.25, 0.3) is 0 Å². The molecule has 1 aromatic rings. The van der Waals surface area contributed by atoms with Gasteiger partial charge in [-0.2, -0.15) is 13.2 Å². The second-order valence-electron chi connectivity index (χ2n) is 5.37. The maximum absolute atomic E-state index is 12.5. The van der Waals surface area contributed by atoms with Crippen molar-refractivity contribution in [2.45, 2.75) is 31.7 Å². The Morgan fingerprint density at radius 1 is 1.36 bits per heavy atom. The fraction of sp³-hybridized carbons (Fsp3) is 0.533. The number of rotatable bonds is 4. The molecule has 122 valence electrons. The number of amides is 2. The van der Waals surface area contributed by atoms with Crippen LogP contribution in [0.15, 0.2) is 24.3 Å². The van der Waals surface area contributed by atoms with E-state index in [-0.39, 0.29) is 18.7 Å². The van der Waals surface area contributed by atoms with Gasteiger partial charge in [-0.25, -0.2) is 4.79 Å². The quantitative estimate of drug-likeness (QED) is 0.928. The number of urea groups is 1. The molecule has 1 saturated heterocycles. The average Bonchev–Trinajstić information content (AvgIpc) is 2.97. The Hall–Kier alpha value is -1.76. The predicted molar refractivity (Wildman–Crippen MR) is 75.3 cm³/mol. The van der Waals surface area contributed by atoms with Gasteiger partial charge in [-0.3, -0.25) is 0 Å². The number of hydrogen-bond donors (Lipinski definition) is 1. The van der Waals surface area contributed by atoms with E-state index < -0.39 is 11.7 Å². The summed E-state index contributed by atoms with van der Waals surface area (Å²) in [5.74, 6) is 0. The van der Waals surface area contributed by atoms with Crippen LogP contribution in [0.5, 0.6) is 0 Å². The third-order valence-corrected chi connectivity index (χ3v) is 3.55. The van der Waals surface area contributed by atoms with Crippen LogP contribution in [0.1, 0.15) is 24.0 Å². The maximum atomic E-state index is 12.5. The van der Waals surface area contributed by atoms with Gasteiger partial charge in [-0.1, -0.05) is 12.1 Å². The highest BCUT2D eigenvalue weighted by molar-refractivity contribution is 5.73. The summed E-state index contributed by atoms with van der Waals surface area (Å²) in [5.41, 5.74) is -0.0514. The lowest BCUT2D eigenvalue weighted by atomic mass is 10.1. The number of carbonyl (C=O) groups excluding carboxylic acids is 1. The molecule has 0 spiro atoms. The number of ether oxygens (including phenoxy) is 1. The van der Waals surface area contributed by atoms with Crippen molar-refractivity contribution in [1.82, 2.24) is 10.2 Å². The Balaban J connectivity index is 1.82. The smallest absolute Gasteiger partial charge is 0.376 e. The molecule has 0 radical (unpaired) electrons. The van der Waals surface area contributed by atoms with E-state index in [1.165, 1.54) is 17.0 Å². The SMILES string of the molecule is CN(Cc1ccc(C(F)(F)F)cc1)C(=O)NCC1CCCO1. The normalized spacial score (nSPS) is 18.3. The van der Waals surface area contributed by atoms with Crippen LogP contribution in [-0.2, 0) is 17.5 Å². The van der Waals surface area contributed by atoms with Gasteiger partial charge < -0.3 is 15.0 Å². The number of hydrogen-bond acceptors (Lipinski definition) is 2. The molecule has 0 bridgehead atoms. The monoisotopic (exact) mass is 316 g/mol. The largest absolute Gasteiger partial charge is 0.416 e. The third-order valence-electron chi connectivity index (χ3n) is 3.55. The molecular weight excluding hydrogens is 297 g/mol. The van der Waals surface area contributed by atoms with E-state index in [9.17, 15) is 18.0 Å². The minimum absolute atomic E-state index is 0.0587. The number of halogens is 3. The number of nitrogens with zero attached hydrogens (tertiary/aromatic N) is 1. The van der Waals surface area contributed by atoms with Crippen molar-refractivity contribution in [2.24, 2.45) is 0 Å². The predicted octanol–water partition coefficient (Wildman–Crippen LogP) is 3.03. The molecule has 0 aliphatic carbocycles. The Kier molecular flexibility index (Phi) is 5.28. The number of nitrogens with one attached hydrogen (secondary N) is 1. The molecule has 1 aliphatic heterocycles. The molecule has 22 heavy (non-hydrogen) atoms.